The number of nitrogens with one attached hydrogen (secondary N) is 4. The van der Waals surface area contributed by atoms with Gasteiger partial charge in [-0.15, -0.1) is 0 Å². The molecule has 2 aromatic carbocycles. The summed E-state index contributed by atoms with van der Waals surface area (Å²) in [4.78, 5) is 57.1. The van der Waals surface area contributed by atoms with Crippen LogP contribution in [-0.2, 0) is 25.6 Å². The second kappa shape index (κ2) is 17.4. The Hall–Kier alpha value is -4.94. The number of aliphatic imine (C=N–C) groups is 1. The van der Waals surface area contributed by atoms with Crippen molar-refractivity contribution in [3.05, 3.63) is 65.7 Å². The fraction of sp³-hybridized carbons (Fsp3) is 0.438. The monoisotopic (exact) mass is 619 g/mol. The third kappa shape index (κ3) is 11.6. The van der Waals surface area contributed by atoms with Gasteiger partial charge in [0.15, 0.2) is 5.96 Å². The number of amidine groups is 1. The SMILES string of the molecule is N=C(N)c1ccc(CC(C(=O)Nc2ccccc2)C(=O)N[C@@H](CC2CCCCC2)C(=O)N[C@@H](CCCN=C(N)N)C(N)=O)cc1. The van der Waals surface area contributed by atoms with E-state index in [0.717, 1.165) is 32.1 Å². The van der Waals surface area contributed by atoms with Crippen LogP contribution in [0.5, 0.6) is 0 Å². The fourth-order valence-electron chi connectivity index (χ4n) is 5.43. The molecule has 12 N–H and O–H groups in total. The Balaban J connectivity index is 1.83. The predicted octanol–water partition coefficient (Wildman–Crippen LogP) is 1.25. The minimum Gasteiger partial charge on any atom is -0.384 e. The van der Waals surface area contributed by atoms with Crippen LogP contribution in [0.3, 0.4) is 0 Å². The lowest BCUT2D eigenvalue weighted by Gasteiger charge is -2.29. The molecule has 13 nitrogen and oxygen atoms in total. The highest BCUT2D eigenvalue weighted by atomic mass is 16.2. The van der Waals surface area contributed by atoms with Crippen molar-refractivity contribution in [1.29, 1.82) is 5.41 Å². The minimum atomic E-state index is -1.19. The van der Waals surface area contributed by atoms with Gasteiger partial charge in [-0.2, -0.15) is 0 Å². The summed E-state index contributed by atoms with van der Waals surface area (Å²) < 4.78 is 0. The van der Waals surface area contributed by atoms with Gasteiger partial charge in [0.25, 0.3) is 0 Å². The number of amides is 4. The zero-order valence-corrected chi connectivity index (χ0v) is 25.5. The van der Waals surface area contributed by atoms with Crippen molar-refractivity contribution in [3.63, 3.8) is 0 Å². The van der Waals surface area contributed by atoms with Crippen molar-refractivity contribution in [2.24, 2.45) is 39.8 Å². The topological polar surface area (TPSA) is 245 Å². The van der Waals surface area contributed by atoms with Crippen LogP contribution in [0.4, 0.5) is 5.69 Å². The molecule has 0 bridgehead atoms. The van der Waals surface area contributed by atoms with Crippen LogP contribution < -0.4 is 38.9 Å². The summed E-state index contributed by atoms with van der Waals surface area (Å²) in [5.41, 5.74) is 23.6. The molecule has 1 unspecified atom stereocenters. The van der Waals surface area contributed by atoms with E-state index >= 15 is 0 Å². The molecule has 1 saturated carbocycles. The Morgan fingerprint density at radius 1 is 0.822 bits per heavy atom. The van der Waals surface area contributed by atoms with E-state index in [1.807, 2.05) is 6.07 Å². The van der Waals surface area contributed by atoms with E-state index in [4.69, 9.17) is 28.3 Å². The molecule has 45 heavy (non-hydrogen) atoms. The number of carbonyl (C=O) groups is 4. The highest BCUT2D eigenvalue weighted by Gasteiger charge is 2.33. The summed E-state index contributed by atoms with van der Waals surface area (Å²) in [7, 11) is 0. The number of primary amides is 1. The fourth-order valence-corrected chi connectivity index (χ4v) is 5.43. The first-order valence-corrected chi connectivity index (χ1v) is 15.3. The van der Waals surface area contributed by atoms with Crippen molar-refractivity contribution in [2.75, 3.05) is 11.9 Å². The molecular formula is C32H45N9O4. The van der Waals surface area contributed by atoms with Crippen LogP contribution in [0.1, 0.15) is 62.5 Å². The number of anilines is 1. The normalized spacial score (nSPS) is 15.1. The molecular weight excluding hydrogens is 574 g/mol. The van der Waals surface area contributed by atoms with E-state index in [-0.39, 0.29) is 37.1 Å². The first-order chi connectivity index (χ1) is 21.5. The lowest BCUT2D eigenvalue weighted by atomic mass is 9.84. The summed E-state index contributed by atoms with van der Waals surface area (Å²) in [5.74, 6) is -3.61. The molecule has 0 aromatic heterocycles. The van der Waals surface area contributed by atoms with Gasteiger partial charge in [0.1, 0.15) is 23.8 Å². The number of hydrogen-bond donors (Lipinski definition) is 8. The third-order valence-corrected chi connectivity index (χ3v) is 7.91. The molecule has 1 fully saturated rings. The molecule has 0 spiro atoms. The van der Waals surface area contributed by atoms with E-state index in [2.05, 4.69) is 20.9 Å². The molecule has 4 amide bonds. The van der Waals surface area contributed by atoms with Crippen LogP contribution in [0, 0.1) is 17.2 Å². The molecule has 0 radical (unpaired) electrons. The Morgan fingerprint density at radius 2 is 1.47 bits per heavy atom. The van der Waals surface area contributed by atoms with E-state index in [1.165, 1.54) is 0 Å². The number of para-hydroxylation sites is 1. The Morgan fingerprint density at radius 3 is 2.07 bits per heavy atom. The molecule has 1 aliphatic carbocycles. The molecule has 3 rings (SSSR count). The van der Waals surface area contributed by atoms with E-state index < -0.39 is 41.6 Å². The quantitative estimate of drug-likeness (QED) is 0.0591. The second-order valence-electron chi connectivity index (χ2n) is 11.4. The number of nitrogens with zero attached hydrogens (tertiary/aromatic N) is 1. The largest absolute Gasteiger partial charge is 0.384 e. The lowest BCUT2D eigenvalue weighted by Crippen LogP contribution is -2.55. The Labute approximate surface area is 263 Å². The number of nitrogens with two attached hydrogens (primary N) is 4. The molecule has 1 aliphatic rings. The zero-order valence-electron chi connectivity index (χ0n) is 25.5. The van der Waals surface area contributed by atoms with Gasteiger partial charge in [-0.3, -0.25) is 29.6 Å². The highest BCUT2D eigenvalue weighted by Crippen LogP contribution is 2.28. The van der Waals surface area contributed by atoms with Gasteiger partial charge in [-0.25, -0.2) is 0 Å². The van der Waals surface area contributed by atoms with Crippen molar-refractivity contribution in [3.8, 4) is 0 Å². The summed E-state index contributed by atoms with van der Waals surface area (Å²) in [5, 5.41) is 16.0. The van der Waals surface area contributed by atoms with Crippen LogP contribution in [-0.4, -0.2) is 54.1 Å². The number of nitrogen functional groups attached to an aromatic ring is 1. The average molecular weight is 620 g/mol. The first kappa shape index (κ1) is 34.5. The molecule has 0 heterocycles. The lowest BCUT2D eigenvalue weighted by molar-refractivity contribution is -0.136. The highest BCUT2D eigenvalue weighted by molar-refractivity contribution is 6.07. The Kier molecular flexibility index (Phi) is 13.3. The van der Waals surface area contributed by atoms with Gasteiger partial charge in [-0.1, -0.05) is 74.6 Å². The Bertz CT molecular complexity index is 1340. The van der Waals surface area contributed by atoms with Crippen LogP contribution in [0.15, 0.2) is 59.6 Å². The smallest absolute Gasteiger partial charge is 0.243 e. The number of hydrogen-bond acceptors (Lipinski definition) is 6. The maximum Gasteiger partial charge on any atom is 0.243 e. The van der Waals surface area contributed by atoms with Crippen LogP contribution in [0.2, 0.25) is 0 Å². The molecule has 2 aromatic rings. The summed E-state index contributed by atoms with van der Waals surface area (Å²) in [6.07, 6.45) is 6.00. The summed E-state index contributed by atoms with van der Waals surface area (Å²) in [6.45, 7) is 0.260. The van der Waals surface area contributed by atoms with Gasteiger partial charge in [-0.05, 0) is 49.3 Å². The van der Waals surface area contributed by atoms with Gasteiger partial charge >= 0.3 is 0 Å². The van der Waals surface area contributed by atoms with E-state index in [9.17, 15) is 19.2 Å². The second-order valence-corrected chi connectivity index (χ2v) is 11.4. The van der Waals surface area contributed by atoms with Crippen LogP contribution in [0.25, 0.3) is 0 Å². The molecule has 0 saturated heterocycles. The maximum atomic E-state index is 13.9. The van der Waals surface area contributed by atoms with E-state index in [1.54, 1.807) is 48.5 Å². The van der Waals surface area contributed by atoms with Gasteiger partial charge in [0, 0.05) is 17.8 Å². The van der Waals surface area contributed by atoms with Crippen molar-refractivity contribution in [2.45, 2.75) is 69.9 Å². The number of benzene rings is 2. The molecule has 13 heteroatoms. The molecule has 0 aliphatic heterocycles. The van der Waals surface area contributed by atoms with Crippen molar-refractivity contribution < 1.29 is 19.2 Å². The first-order valence-electron chi connectivity index (χ1n) is 15.3. The van der Waals surface area contributed by atoms with Gasteiger partial charge in [0.2, 0.25) is 23.6 Å². The van der Waals surface area contributed by atoms with E-state index in [0.29, 0.717) is 29.7 Å². The predicted molar refractivity (Wildman–Crippen MR) is 174 cm³/mol. The zero-order chi connectivity index (χ0) is 32.8. The van der Waals surface area contributed by atoms with Crippen LogP contribution >= 0.6 is 0 Å². The van der Waals surface area contributed by atoms with Crippen molar-refractivity contribution >= 4 is 41.1 Å². The molecule has 242 valence electrons. The number of guanidine groups is 1. The maximum absolute atomic E-state index is 13.9. The standard InChI is InChI=1S/C32H45N9O4/c33-27(34)22-15-13-21(14-16-22)18-24(29(43)39-23-10-5-2-6-11-23)30(44)41-26(19-20-8-3-1-4-9-20)31(45)40-25(28(35)42)12-7-17-38-32(36)37/h2,5-6,10-11,13-16,20,24-26H,1,3-4,7-9,12,17-19H2,(H3,33,34)(H2,35,42)(H,39,43)(H,40,45)(H,41,44)(H4,36,37,38)/t24?,25-,26-/m0/s1. The summed E-state index contributed by atoms with van der Waals surface area (Å²) >= 11 is 0. The number of carbonyl (C=O) groups excluding carboxylic acids is 4. The van der Waals surface area contributed by atoms with Gasteiger partial charge < -0.3 is 38.9 Å². The molecule has 3 atom stereocenters. The summed E-state index contributed by atoms with van der Waals surface area (Å²) in [6, 6.07) is 13.5. The third-order valence-electron chi connectivity index (χ3n) is 7.91. The minimum absolute atomic E-state index is 0.0369. The number of rotatable bonds is 16. The average Bonchev–Trinajstić information content (AvgIpc) is 3.01. The van der Waals surface area contributed by atoms with Crippen molar-refractivity contribution in [1.82, 2.24) is 10.6 Å². The van der Waals surface area contributed by atoms with Gasteiger partial charge in [0.05, 0.1) is 0 Å².